The molecule has 0 amide bonds. The standard InChI is InChI=1S/C18H18N2O3/c1-12(2)23-18(21)17-15-10-14(8-9-16(15)19-20-17)22-11-13-6-4-3-5-7-13/h3-10,12H,11H2,1-2H3,(H,19,20). The topological polar surface area (TPSA) is 64.2 Å². The number of aromatic amines is 1. The highest BCUT2D eigenvalue weighted by Crippen LogP contribution is 2.23. The number of rotatable bonds is 5. The van der Waals surface area contributed by atoms with Crippen molar-refractivity contribution < 1.29 is 14.3 Å². The normalized spacial score (nSPS) is 10.9. The molecule has 1 N–H and O–H groups in total. The van der Waals surface area contributed by atoms with Crippen LogP contribution in [0, 0.1) is 0 Å². The van der Waals surface area contributed by atoms with E-state index in [4.69, 9.17) is 9.47 Å². The summed E-state index contributed by atoms with van der Waals surface area (Å²) in [6.07, 6.45) is -0.188. The molecule has 0 aliphatic heterocycles. The second-order valence-corrected chi connectivity index (χ2v) is 5.51. The Morgan fingerprint density at radius 3 is 2.70 bits per heavy atom. The molecule has 3 rings (SSSR count). The van der Waals surface area contributed by atoms with Gasteiger partial charge in [-0.25, -0.2) is 4.79 Å². The van der Waals surface area contributed by atoms with Crippen molar-refractivity contribution in [3.63, 3.8) is 0 Å². The average molecular weight is 310 g/mol. The van der Waals surface area contributed by atoms with Gasteiger partial charge in [-0.1, -0.05) is 30.3 Å². The maximum Gasteiger partial charge on any atom is 0.359 e. The number of nitrogens with zero attached hydrogens (tertiary/aromatic N) is 1. The van der Waals surface area contributed by atoms with E-state index in [0.717, 1.165) is 11.1 Å². The SMILES string of the molecule is CC(C)OC(=O)c1n[nH]c2ccc(OCc3ccccc3)cc12. The Morgan fingerprint density at radius 2 is 1.96 bits per heavy atom. The lowest BCUT2D eigenvalue weighted by molar-refractivity contribution is 0.0373. The molecule has 0 saturated carbocycles. The van der Waals surface area contributed by atoms with Gasteiger partial charge in [-0.2, -0.15) is 5.10 Å². The first kappa shape index (κ1) is 15.1. The molecule has 0 saturated heterocycles. The van der Waals surface area contributed by atoms with E-state index in [9.17, 15) is 4.79 Å². The highest BCUT2D eigenvalue weighted by atomic mass is 16.5. The van der Waals surface area contributed by atoms with Crippen molar-refractivity contribution in [3.05, 3.63) is 59.8 Å². The number of fused-ring (bicyclic) bond motifs is 1. The molecule has 0 aliphatic rings. The van der Waals surface area contributed by atoms with Gasteiger partial charge in [-0.3, -0.25) is 5.10 Å². The van der Waals surface area contributed by atoms with E-state index in [2.05, 4.69) is 10.2 Å². The second-order valence-electron chi connectivity index (χ2n) is 5.51. The highest BCUT2D eigenvalue weighted by Gasteiger charge is 2.17. The van der Waals surface area contributed by atoms with Crippen LogP contribution >= 0.6 is 0 Å². The molecular formula is C18H18N2O3. The third-order valence-corrected chi connectivity index (χ3v) is 3.32. The van der Waals surface area contributed by atoms with Crippen LogP contribution in [0.15, 0.2) is 48.5 Å². The van der Waals surface area contributed by atoms with E-state index in [1.807, 2.05) is 42.5 Å². The van der Waals surface area contributed by atoms with Crippen LogP contribution in [0.25, 0.3) is 10.9 Å². The fourth-order valence-electron chi connectivity index (χ4n) is 2.25. The molecule has 5 heteroatoms. The fraction of sp³-hybridized carbons (Fsp3) is 0.222. The third-order valence-electron chi connectivity index (χ3n) is 3.32. The number of aromatic nitrogens is 2. The van der Waals surface area contributed by atoms with Crippen molar-refractivity contribution >= 4 is 16.9 Å². The van der Waals surface area contributed by atoms with E-state index in [1.54, 1.807) is 19.9 Å². The fourth-order valence-corrected chi connectivity index (χ4v) is 2.25. The van der Waals surface area contributed by atoms with E-state index in [1.165, 1.54) is 0 Å². The first-order valence-corrected chi connectivity index (χ1v) is 7.49. The van der Waals surface area contributed by atoms with Gasteiger partial charge in [-0.05, 0) is 37.6 Å². The number of hydrogen-bond donors (Lipinski definition) is 1. The van der Waals surface area contributed by atoms with Crippen molar-refractivity contribution in [3.8, 4) is 5.75 Å². The van der Waals surface area contributed by atoms with Crippen molar-refractivity contribution in [2.75, 3.05) is 0 Å². The molecule has 118 valence electrons. The highest BCUT2D eigenvalue weighted by molar-refractivity contribution is 6.02. The molecule has 0 atom stereocenters. The van der Waals surface area contributed by atoms with Gasteiger partial charge in [0.15, 0.2) is 5.69 Å². The van der Waals surface area contributed by atoms with E-state index >= 15 is 0 Å². The number of ether oxygens (including phenoxy) is 2. The lowest BCUT2D eigenvalue weighted by atomic mass is 10.2. The number of benzene rings is 2. The van der Waals surface area contributed by atoms with Crippen LogP contribution in [0.4, 0.5) is 0 Å². The van der Waals surface area contributed by atoms with Crippen LogP contribution in [0.3, 0.4) is 0 Å². The predicted octanol–water partition coefficient (Wildman–Crippen LogP) is 3.71. The number of nitrogens with one attached hydrogen (secondary N) is 1. The molecule has 0 bridgehead atoms. The average Bonchev–Trinajstić information content (AvgIpc) is 2.96. The quantitative estimate of drug-likeness (QED) is 0.730. The molecule has 23 heavy (non-hydrogen) atoms. The predicted molar refractivity (Wildman–Crippen MR) is 87.4 cm³/mol. The van der Waals surface area contributed by atoms with Gasteiger partial charge >= 0.3 is 5.97 Å². The van der Waals surface area contributed by atoms with Gasteiger partial charge in [0, 0.05) is 5.39 Å². The van der Waals surface area contributed by atoms with Gasteiger partial charge in [0.25, 0.3) is 0 Å². The Hall–Kier alpha value is -2.82. The summed E-state index contributed by atoms with van der Waals surface area (Å²) in [7, 11) is 0. The molecule has 0 spiro atoms. The van der Waals surface area contributed by atoms with Gasteiger partial charge < -0.3 is 9.47 Å². The van der Waals surface area contributed by atoms with E-state index < -0.39 is 5.97 Å². The molecule has 0 radical (unpaired) electrons. The Kier molecular flexibility index (Phi) is 4.28. The Morgan fingerprint density at radius 1 is 1.17 bits per heavy atom. The van der Waals surface area contributed by atoms with Crippen LogP contribution in [0.5, 0.6) is 5.75 Å². The lowest BCUT2D eigenvalue weighted by Gasteiger charge is -2.07. The van der Waals surface area contributed by atoms with Crippen molar-refractivity contribution in [1.82, 2.24) is 10.2 Å². The summed E-state index contributed by atoms with van der Waals surface area (Å²) in [5.41, 5.74) is 2.13. The van der Waals surface area contributed by atoms with Gasteiger partial charge in [0.2, 0.25) is 0 Å². The largest absolute Gasteiger partial charge is 0.489 e. The van der Waals surface area contributed by atoms with Crippen molar-refractivity contribution in [1.29, 1.82) is 0 Å². The van der Waals surface area contributed by atoms with Crippen LogP contribution in [0.2, 0.25) is 0 Å². The monoisotopic (exact) mass is 310 g/mol. The number of hydrogen-bond acceptors (Lipinski definition) is 4. The van der Waals surface area contributed by atoms with Crippen LogP contribution < -0.4 is 4.74 Å². The number of carbonyl (C=O) groups excluding carboxylic acids is 1. The minimum atomic E-state index is -0.438. The minimum absolute atomic E-state index is 0.188. The molecule has 1 aromatic heterocycles. The second kappa shape index (κ2) is 6.52. The minimum Gasteiger partial charge on any atom is -0.489 e. The van der Waals surface area contributed by atoms with Crippen LogP contribution in [-0.4, -0.2) is 22.3 Å². The summed E-state index contributed by atoms with van der Waals surface area (Å²) < 4.78 is 11.0. The molecule has 3 aromatic rings. The van der Waals surface area contributed by atoms with Crippen LogP contribution in [0.1, 0.15) is 29.9 Å². The lowest BCUT2D eigenvalue weighted by Crippen LogP contribution is -2.12. The molecule has 1 heterocycles. The summed E-state index contributed by atoms with van der Waals surface area (Å²) in [5, 5.41) is 7.59. The maximum atomic E-state index is 12.1. The Balaban J connectivity index is 1.81. The van der Waals surface area contributed by atoms with Gasteiger partial charge in [0.05, 0.1) is 11.6 Å². The maximum absolute atomic E-state index is 12.1. The number of esters is 1. The summed E-state index contributed by atoms with van der Waals surface area (Å²) in [5.74, 6) is 0.243. The Bertz CT molecular complexity index is 810. The molecule has 0 unspecified atom stereocenters. The molecule has 0 fully saturated rings. The first-order valence-electron chi connectivity index (χ1n) is 7.49. The first-order chi connectivity index (χ1) is 11.1. The van der Waals surface area contributed by atoms with Crippen LogP contribution in [-0.2, 0) is 11.3 Å². The van der Waals surface area contributed by atoms with Crippen molar-refractivity contribution in [2.45, 2.75) is 26.6 Å². The summed E-state index contributed by atoms with van der Waals surface area (Å²) >= 11 is 0. The summed E-state index contributed by atoms with van der Waals surface area (Å²) in [6, 6.07) is 15.4. The molecule has 0 aliphatic carbocycles. The van der Waals surface area contributed by atoms with Crippen molar-refractivity contribution in [2.24, 2.45) is 0 Å². The van der Waals surface area contributed by atoms with E-state index in [0.29, 0.717) is 17.7 Å². The van der Waals surface area contributed by atoms with E-state index in [-0.39, 0.29) is 11.8 Å². The zero-order valence-electron chi connectivity index (χ0n) is 13.1. The van der Waals surface area contributed by atoms with Gasteiger partial charge in [-0.15, -0.1) is 0 Å². The smallest absolute Gasteiger partial charge is 0.359 e. The number of H-pyrrole nitrogens is 1. The zero-order chi connectivity index (χ0) is 16.2. The molecular weight excluding hydrogens is 292 g/mol. The number of carbonyl (C=O) groups is 1. The molecule has 5 nitrogen and oxygen atoms in total. The third kappa shape index (κ3) is 3.51. The van der Waals surface area contributed by atoms with Gasteiger partial charge in [0.1, 0.15) is 12.4 Å². The zero-order valence-corrected chi connectivity index (χ0v) is 13.1. The molecule has 2 aromatic carbocycles. The Labute approximate surface area is 134 Å². The summed E-state index contributed by atoms with van der Waals surface area (Å²) in [6.45, 7) is 4.08. The summed E-state index contributed by atoms with van der Waals surface area (Å²) in [4.78, 5) is 12.1.